The molecule has 2 aromatic carbocycles. The molecule has 5 nitrogen and oxygen atoms in total. The Labute approximate surface area is 167 Å². The topological polar surface area (TPSA) is 45.7 Å². The Kier molecular flexibility index (Phi) is 5.95. The predicted octanol–water partition coefficient (Wildman–Crippen LogP) is 3.34. The molecule has 0 atom stereocenters. The molecule has 1 fully saturated rings. The fourth-order valence-corrected chi connectivity index (χ4v) is 4.30. The number of aromatic nitrogens is 1. The summed E-state index contributed by atoms with van der Waals surface area (Å²) in [5.41, 5.74) is 1.28. The van der Waals surface area contributed by atoms with Crippen molar-refractivity contribution in [3.05, 3.63) is 59.9 Å². The van der Waals surface area contributed by atoms with Gasteiger partial charge in [0, 0.05) is 26.2 Å². The molecule has 1 saturated heterocycles. The van der Waals surface area contributed by atoms with Crippen LogP contribution in [-0.2, 0) is 16.0 Å². The van der Waals surface area contributed by atoms with E-state index in [-0.39, 0.29) is 11.7 Å². The van der Waals surface area contributed by atoms with Crippen molar-refractivity contribution in [2.24, 2.45) is 0 Å². The van der Waals surface area contributed by atoms with Crippen molar-refractivity contribution in [3.8, 4) is 0 Å². The Morgan fingerprint density at radius 3 is 2.68 bits per heavy atom. The van der Waals surface area contributed by atoms with Crippen LogP contribution in [0, 0.1) is 5.82 Å². The van der Waals surface area contributed by atoms with Gasteiger partial charge in [-0.3, -0.25) is 14.6 Å². The smallest absolute Gasteiger partial charge is 0.233 e. The van der Waals surface area contributed by atoms with Crippen molar-refractivity contribution < 1.29 is 13.9 Å². The number of carbonyl (C=O) groups excluding carboxylic acids is 1. The Hall–Kier alpha value is -2.35. The lowest BCUT2D eigenvalue weighted by molar-refractivity contribution is -0.118. The van der Waals surface area contributed by atoms with Crippen molar-refractivity contribution in [2.75, 3.05) is 44.3 Å². The highest BCUT2D eigenvalue weighted by atomic mass is 32.1. The van der Waals surface area contributed by atoms with Gasteiger partial charge in [0.15, 0.2) is 5.13 Å². The van der Waals surface area contributed by atoms with Crippen molar-refractivity contribution in [1.82, 2.24) is 9.88 Å². The predicted molar refractivity (Wildman–Crippen MR) is 109 cm³/mol. The molecule has 3 aromatic rings. The maximum atomic E-state index is 14.1. The fraction of sp³-hybridized carbons (Fsp3) is 0.333. The Balaban J connectivity index is 1.57. The van der Waals surface area contributed by atoms with Crippen LogP contribution in [0.4, 0.5) is 9.52 Å². The van der Waals surface area contributed by atoms with Crippen molar-refractivity contribution >= 4 is 32.6 Å². The van der Waals surface area contributed by atoms with Gasteiger partial charge in [-0.05, 0) is 17.7 Å². The average molecular weight is 399 g/mol. The van der Waals surface area contributed by atoms with Crippen LogP contribution in [0.2, 0.25) is 0 Å². The number of rotatable bonds is 6. The summed E-state index contributed by atoms with van der Waals surface area (Å²) < 4.78 is 20.3. The van der Waals surface area contributed by atoms with Gasteiger partial charge in [0.2, 0.25) is 5.91 Å². The molecule has 0 aliphatic carbocycles. The standard InChI is InChI=1S/C21H22FN3O2S/c22-17-7-4-8-18-20(17)23-21(28-18)25(10-9-24-11-13-27-14-12-24)19(26)15-16-5-2-1-3-6-16/h1-8H,9-15H2. The first-order valence-corrected chi connectivity index (χ1v) is 10.2. The number of thiazole rings is 1. The molecule has 0 saturated carbocycles. The van der Waals surface area contributed by atoms with Gasteiger partial charge in [-0.1, -0.05) is 47.7 Å². The van der Waals surface area contributed by atoms with Gasteiger partial charge < -0.3 is 4.74 Å². The van der Waals surface area contributed by atoms with E-state index in [1.54, 1.807) is 11.0 Å². The van der Waals surface area contributed by atoms with Crippen LogP contribution in [-0.4, -0.2) is 55.2 Å². The van der Waals surface area contributed by atoms with Gasteiger partial charge in [-0.25, -0.2) is 9.37 Å². The Bertz CT molecular complexity index is 941. The second-order valence-electron chi connectivity index (χ2n) is 6.74. The van der Waals surface area contributed by atoms with E-state index in [1.807, 2.05) is 36.4 Å². The minimum absolute atomic E-state index is 0.0288. The normalized spacial score (nSPS) is 15.0. The molecule has 0 bridgehead atoms. The van der Waals surface area contributed by atoms with Crippen molar-refractivity contribution in [2.45, 2.75) is 6.42 Å². The van der Waals surface area contributed by atoms with E-state index < -0.39 is 0 Å². The first-order valence-electron chi connectivity index (χ1n) is 9.40. The quantitative estimate of drug-likeness (QED) is 0.638. The largest absolute Gasteiger partial charge is 0.379 e. The third-order valence-electron chi connectivity index (χ3n) is 4.83. The van der Waals surface area contributed by atoms with Crippen molar-refractivity contribution in [1.29, 1.82) is 0 Å². The Morgan fingerprint density at radius 1 is 1.14 bits per heavy atom. The summed E-state index contributed by atoms with van der Waals surface area (Å²) in [5.74, 6) is -0.387. The van der Waals surface area contributed by atoms with Gasteiger partial charge in [-0.15, -0.1) is 0 Å². The highest BCUT2D eigenvalue weighted by Crippen LogP contribution is 2.30. The minimum Gasteiger partial charge on any atom is -0.379 e. The second-order valence-corrected chi connectivity index (χ2v) is 7.75. The van der Waals surface area contributed by atoms with Gasteiger partial charge in [-0.2, -0.15) is 0 Å². The third kappa shape index (κ3) is 4.38. The monoisotopic (exact) mass is 399 g/mol. The van der Waals surface area contributed by atoms with Crippen LogP contribution >= 0.6 is 11.3 Å². The minimum atomic E-state index is -0.358. The summed E-state index contributed by atoms with van der Waals surface area (Å²) in [6, 6.07) is 14.6. The molecule has 7 heteroatoms. The second kappa shape index (κ2) is 8.77. The summed E-state index contributed by atoms with van der Waals surface area (Å²) in [7, 11) is 0. The molecule has 2 heterocycles. The number of ether oxygens (including phenoxy) is 1. The van der Waals surface area contributed by atoms with Crippen LogP contribution < -0.4 is 4.90 Å². The van der Waals surface area contributed by atoms with Crippen LogP contribution in [0.15, 0.2) is 48.5 Å². The molecule has 0 unspecified atom stereocenters. The highest BCUT2D eigenvalue weighted by molar-refractivity contribution is 7.22. The Morgan fingerprint density at radius 2 is 1.93 bits per heavy atom. The molecule has 1 aromatic heterocycles. The number of carbonyl (C=O) groups is 1. The van der Waals surface area contributed by atoms with Gasteiger partial charge in [0.25, 0.3) is 0 Å². The number of halogens is 1. The summed E-state index contributed by atoms with van der Waals surface area (Å²) >= 11 is 1.36. The van der Waals surface area contributed by atoms with Gasteiger partial charge >= 0.3 is 0 Å². The van der Waals surface area contributed by atoms with Crippen LogP contribution in [0.5, 0.6) is 0 Å². The number of hydrogen-bond donors (Lipinski definition) is 0. The summed E-state index contributed by atoms with van der Waals surface area (Å²) in [6.07, 6.45) is 0.294. The van der Waals surface area contributed by atoms with Gasteiger partial charge in [0.1, 0.15) is 11.3 Å². The number of anilines is 1. The molecular weight excluding hydrogens is 377 g/mol. The number of amides is 1. The number of benzene rings is 2. The van der Waals surface area contributed by atoms with E-state index in [1.165, 1.54) is 17.4 Å². The van der Waals surface area contributed by atoms with E-state index in [9.17, 15) is 9.18 Å². The molecular formula is C21H22FN3O2S. The lowest BCUT2D eigenvalue weighted by Crippen LogP contribution is -2.43. The van der Waals surface area contributed by atoms with E-state index in [4.69, 9.17) is 4.74 Å². The lowest BCUT2D eigenvalue weighted by Gasteiger charge is -2.29. The molecule has 0 radical (unpaired) electrons. The van der Waals surface area contributed by atoms with E-state index in [2.05, 4.69) is 9.88 Å². The van der Waals surface area contributed by atoms with E-state index >= 15 is 0 Å². The van der Waals surface area contributed by atoms with Crippen LogP contribution in [0.1, 0.15) is 5.56 Å². The van der Waals surface area contributed by atoms with E-state index in [0.29, 0.717) is 36.8 Å². The number of hydrogen-bond acceptors (Lipinski definition) is 5. The first-order chi connectivity index (χ1) is 13.7. The molecule has 4 rings (SSSR count). The zero-order valence-corrected chi connectivity index (χ0v) is 16.3. The first kappa shape index (κ1) is 19.0. The zero-order chi connectivity index (χ0) is 19.3. The summed E-state index contributed by atoms with van der Waals surface area (Å²) in [5, 5.41) is 0.550. The summed E-state index contributed by atoms with van der Waals surface area (Å²) in [4.78, 5) is 21.5. The molecule has 1 aliphatic rings. The molecule has 1 amide bonds. The molecule has 0 N–H and O–H groups in total. The number of fused-ring (bicyclic) bond motifs is 1. The fourth-order valence-electron chi connectivity index (χ4n) is 3.28. The zero-order valence-electron chi connectivity index (χ0n) is 15.5. The lowest BCUT2D eigenvalue weighted by atomic mass is 10.1. The molecule has 28 heavy (non-hydrogen) atoms. The highest BCUT2D eigenvalue weighted by Gasteiger charge is 2.22. The number of nitrogens with zero attached hydrogens (tertiary/aromatic N) is 3. The maximum Gasteiger partial charge on any atom is 0.233 e. The van der Waals surface area contributed by atoms with Crippen LogP contribution in [0.3, 0.4) is 0 Å². The SMILES string of the molecule is O=C(Cc1ccccc1)N(CCN1CCOCC1)c1nc2c(F)cccc2s1. The summed E-state index contributed by atoms with van der Waals surface area (Å²) in [6.45, 7) is 4.40. The molecule has 146 valence electrons. The average Bonchev–Trinajstić information content (AvgIpc) is 3.15. The molecule has 0 spiro atoms. The molecule has 1 aliphatic heterocycles. The van der Waals surface area contributed by atoms with Crippen molar-refractivity contribution in [3.63, 3.8) is 0 Å². The van der Waals surface area contributed by atoms with Crippen LogP contribution in [0.25, 0.3) is 10.2 Å². The maximum absolute atomic E-state index is 14.1. The van der Waals surface area contributed by atoms with E-state index in [0.717, 1.165) is 29.9 Å². The number of morpholine rings is 1. The third-order valence-corrected chi connectivity index (χ3v) is 5.88. The number of para-hydroxylation sites is 1. The van der Waals surface area contributed by atoms with Gasteiger partial charge in [0.05, 0.1) is 24.3 Å².